The number of nitrogens with zero attached hydrogens (tertiary/aromatic N) is 3. The molecule has 3 fully saturated rings. The number of carbonyl (C=O) groups excluding carboxylic acids is 7. The van der Waals surface area contributed by atoms with Crippen LogP contribution < -0.4 is 4.90 Å². The third kappa shape index (κ3) is 11.9. The molecule has 3 aromatic carbocycles. The van der Waals surface area contributed by atoms with Crippen LogP contribution in [0, 0.1) is 6.92 Å². The van der Waals surface area contributed by atoms with Gasteiger partial charge >= 0.3 is 11.9 Å². The van der Waals surface area contributed by atoms with E-state index in [-0.39, 0.29) is 32.8 Å². The third-order valence-electron chi connectivity index (χ3n) is 9.63. The highest BCUT2D eigenvalue weighted by molar-refractivity contribution is 8.19. The maximum atomic E-state index is 12.6. The van der Waals surface area contributed by atoms with Gasteiger partial charge in [0, 0.05) is 41.4 Å². The van der Waals surface area contributed by atoms with E-state index in [1.54, 1.807) is 97.1 Å². The van der Waals surface area contributed by atoms with Crippen LogP contribution in [0.2, 0.25) is 10.0 Å². The molecular weight excluding hydrogens is 994 g/mol. The van der Waals surface area contributed by atoms with Gasteiger partial charge in [-0.15, -0.1) is 0 Å². The lowest BCUT2D eigenvalue weighted by molar-refractivity contribution is -0.143. The molecule has 0 unspecified atom stereocenters. The monoisotopic (exact) mass is 1030 g/mol. The number of ether oxygens (including phenoxy) is 1. The van der Waals surface area contributed by atoms with Crippen molar-refractivity contribution in [2.45, 2.75) is 6.92 Å². The second kappa shape index (κ2) is 21.8. The summed E-state index contributed by atoms with van der Waals surface area (Å²) < 4.78 is 21.2. The Morgan fingerprint density at radius 2 is 1.22 bits per heavy atom. The number of carboxylic acid groups (broad SMARTS) is 1. The van der Waals surface area contributed by atoms with Gasteiger partial charge in [0.2, 0.25) is 0 Å². The number of furan rings is 3. The van der Waals surface area contributed by atoms with E-state index in [4.69, 9.17) is 41.6 Å². The fourth-order valence-corrected chi connectivity index (χ4v) is 9.14. The van der Waals surface area contributed by atoms with Crippen molar-refractivity contribution in [1.82, 2.24) is 9.80 Å². The molecule has 6 amide bonds. The summed E-state index contributed by atoms with van der Waals surface area (Å²) in [5.41, 5.74) is 2.05. The van der Waals surface area contributed by atoms with E-state index >= 15 is 0 Å². The topological polar surface area (TPSA) is 215 Å². The van der Waals surface area contributed by atoms with Gasteiger partial charge < -0.3 is 23.1 Å². The molecule has 0 aliphatic carbocycles. The Morgan fingerprint density at radius 3 is 1.80 bits per heavy atom. The SMILES string of the molecule is COC(=O)CN1C(=O)S/C(=C\c2ccc(-c3ccc(C(=O)O)cc3)o2)C1=O.Cc1ccc(/C=C2\SC(=O)N(C)C2=O)o1.O=C1S/C(=C\c2ccc(-c3ccc(Cl)cc3Cl)o2)C(=O)N1c1ccccc1. The van der Waals surface area contributed by atoms with Crippen molar-refractivity contribution in [2.75, 3.05) is 25.6 Å². The van der Waals surface area contributed by atoms with E-state index < -0.39 is 29.6 Å². The van der Waals surface area contributed by atoms with E-state index in [1.165, 1.54) is 32.4 Å². The Morgan fingerprint density at radius 1 is 0.652 bits per heavy atom. The van der Waals surface area contributed by atoms with Gasteiger partial charge in [0.1, 0.15) is 41.1 Å². The van der Waals surface area contributed by atoms with Crippen molar-refractivity contribution in [2.24, 2.45) is 0 Å². The molecule has 1 N–H and O–H groups in total. The summed E-state index contributed by atoms with van der Waals surface area (Å²) in [5.74, 6) is 0.218. The second-order valence-corrected chi connectivity index (χ2v) is 18.1. The van der Waals surface area contributed by atoms with Gasteiger partial charge in [-0.05, 0) is 121 Å². The number of amides is 6. The number of para-hydroxylation sites is 1. The first-order chi connectivity index (χ1) is 33.0. The normalized spacial score (nSPS) is 16.4. The summed E-state index contributed by atoms with van der Waals surface area (Å²) >= 11 is 14.6. The number of carboxylic acids is 1. The number of esters is 1. The number of aromatic carboxylic acids is 1. The fourth-order valence-electron chi connectivity index (χ4n) is 6.19. The number of likely N-dealkylation sites (N-methyl/N-ethyl adjacent to an activating group) is 1. The smallest absolute Gasteiger partial charge is 0.335 e. The molecule has 3 aliphatic rings. The van der Waals surface area contributed by atoms with Crippen molar-refractivity contribution in [3.63, 3.8) is 0 Å². The zero-order chi connectivity index (χ0) is 49.5. The summed E-state index contributed by atoms with van der Waals surface area (Å²) in [6, 6.07) is 30.4. The van der Waals surface area contributed by atoms with E-state index in [2.05, 4.69) is 4.74 Å². The van der Waals surface area contributed by atoms with Crippen molar-refractivity contribution in [3.05, 3.63) is 163 Å². The molecule has 6 aromatic rings. The van der Waals surface area contributed by atoms with Crippen molar-refractivity contribution < 1.29 is 61.5 Å². The number of aryl methyl sites for hydroxylation is 1. The fraction of sp³-hybridized carbons (Fsp3) is 0.0833. The Labute approximate surface area is 414 Å². The molecule has 350 valence electrons. The molecule has 21 heteroatoms. The highest BCUT2D eigenvalue weighted by Crippen LogP contribution is 2.38. The zero-order valence-electron chi connectivity index (χ0n) is 36.0. The van der Waals surface area contributed by atoms with E-state index in [0.717, 1.165) is 44.0 Å². The number of imide groups is 3. The van der Waals surface area contributed by atoms with Crippen LogP contribution in [0.1, 0.15) is 33.4 Å². The Balaban J connectivity index is 0.000000159. The molecular formula is C48H33Cl2N3O13S3. The summed E-state index contributed by atoms with van der Waals surface area (Å²) in [5, 5.41) is 8.76. The molecule has 3 aromatic heterocycles. The first-order valence-corrected chi connectivity index (χ1v) is 23.1. The quantitative estimate of drug-likeness (QED) is 0.105. The van der Waals surface area contributed by atoms with E-state index in [0.29, 0.717) is 77.2 Å². The summed E-state index contributed by atoms with van der Waals surface area (Å²) in [6.45, 7) is 1.38. The molecule has 16 nitrogen and oxygen atoms in total. The van der Waals surface area contributed by atoms with Crippen LogP contribution in [0.15, 0.2) is 137 Å². The van der Waals surface area contributed by atoms with Gasteiger partial charge in [-0.2, -0.15) is 0 Å². The number of benzene rings is 3. The molecule has 0 bridgehead atoms. The lowest BCUT2D eigenvalue weighted by Gasteiger charge is -2.11. The molecule has 3 saturated heterocycles. The number of thioether (sulfide) groups is 3. The zero-order valence-corrected chi connectivity index (χ0v) is 40.0. The first kappa shape index (κ1) is 49.6. The van der Waals surface area contributed by atoms with Gasteiger partial charge in [0.25, 0.3) is 33.4 Å². The molecule has 0 atom stereocenters. The van der Waals surface area contributed by atoms with Crippen LogP contribution in [0.4, 0.5) is 20.1 Å². The average Bonchev–Trinajstić information content (AvgIpc) is 4.20. The second-order valence-electron chi connectivity index (χ2n) is 14.3. The predicted molar refractivity (Wildman–Crippen MR) is 262 cm³/mol. The lowest BCUT2D eigenvalue weighted by Crippen LogP contribution is -2.34. The number of anilines is 1. The van der Waals surface area contributed by atoms with Gasteiger partial charge in [-0.3, -0.25) is 43.4 Å². The average molecular weight is 1030 g/mol. The van der Waals surface area contributed by atoms with E-state index in [9.17, 15) is 38.4 Å². The molecule has 9 rings (SSSR count). The maximum Gasteiger partial charge on any atom is 0.335 e. The Kier molecular flexibility index (Phi) is 15.7. The standard InChI is InChI=1S/C20H11Cl2NO3S.C18H13NO7S.C10H9NO3S/c21-12-6-8-15(16(22)10-12)17-9-7-14(26-17)11-18-19(24)23(20(25)27-18)13-4-2-1-3-5-13;1-25-15(20)9-19-16(21)14(27-18(19)24)8-12-6-7-13(26-12)10-2-4-11(5-3-10)17(22)23;1-6-3-4-7(14-6)5-8-9(12)11(2)10(13)15-8/h1-11H;2-8H,9H2,1H3,(H,22,23);3-5H,1-2H3/b18-11-;14-8-;8-5-. The molecule has 69 heavy (non-hydrogen) atoms. The molecule has 3 aliphatic heterocycles. The van der Waals surface area contributed by atoms with Crippen LogP contribution in [0.25, 0.3) is 40.9 Å². The third-order valence-corrected chi connectivity index (χ3v) is 12.9. The molecule has 0 saturated carbocycles. The summed E-state index contributed by atoms with van der Waals surface area (Å²) in [7, 11) is 2.64. The minimum atomic E-state index is -1.02. The first-order valence-electron chi connectivity index (χ1n) is 19.9. The van der Waals surface area contributed by atoms with E-state index in [1.807, 2.05) is 19.1 Å². The Hall–Kier alpha value is -7.29. The van der Waals surface area contributed by atoms with Crippen molar-refractivity contribution in [3.8, 4) is 22.6 Å². The number of hydrogen-bond acceptors (Lipinski definition) is 15. The van der Waals surface area contributed by atoms with Crippen molar-refractivity contribution in [1.29, 1.82) is 0 Å². The highest BCUT2D eigenvalue weighted by Gasteiger charge is 2.38. The van der Waals surface area contributed by atoms with Crippen LogP contribution in [0.3, 0.4) is 0 Å². The number of methoxy groups -OCH3 is 1. The van der Waals surface area contributed by atoms with Gasteiger partial charge in [0.05, 0.1) is 38.1 Å². The van der Waals surface area contributed by atoms with Gasteiger partial charge in [0.15, 0.2) is 0 Å². The van der Waals surface area contributed by atoms with Crippen LogP contribution in [0.5, 0.6) is 0 Å². The van der Waals surface area contributed by atoms with Gasteiger partial charge in [-0.25, -0.2) is 9.69 Å². The largest absolute Gasteiger partial charge is 0.478 e. The molecule has 0 spiro atoms. The lowest BCUT2D eigenvalue weighted by atomic mass is 10.1. The maximum absolute atomic E-state index is 12.6. The van der Waals surface area contributed by atoms with Gasteiger partial charge in [-0.1, -0.05) is 53.5 Å². The Bertz CT molecular complexity index is 3140. The minimum Gasteiger partial charge on any atom is -0.478 e. The summed E-state index contributed by atoms with van der Waals surface area (Å²) in [4.78, 5) is 97.8. The molecule has 6 heterocycles. The predicted octanol–water partition coefficient (Wildman–Crippen LogP) is 11.6. The number of carbonyl (C=O) groups is 8. The highest BCUT2D eigenvalue weighted by atomic mass is 35.5. The molecule has 0 radical (unpaired) electrons. The number of rotatable bonds is 9. The summed E-state index contributed by atoms with van der Waals surface area (Å²) in [6.07, 6.45) is 4.56. The van der Waals surface area contributed by atoms with Crippen LogP contribution in [-0.4, -0.2) is 81.0 Å². The number of hydrogen-bond donors (Lipinski definition) is 1. The van der Waals surface area contributed by atoms with Crippen LogP contribution >= 0.6 is 58.5 Å². The minimum absolute atomic E-state index is 0.131. The van der Waals surface area contributed by atoms with Crippen molar-refractivity contribution >= 4 is 128 Å². The number of halogens is 2. The van der Waals surface area contributed by atoms with Crippen LogP contribution in [-0.2, 0) is 23.9 Å².